The first kappa shape index (κ1) is 26.7. The highest BCUT2D eigenvalue weighted by Gasteiger charge is 2.34. The molecule has 0 saturated carbocycles. The highest BCUT2D eigenvalue weighted by Crippen LogP contribution is 2.34. The van der Waals surface area contributed by atoms with Crippen LogP contribution in [0.5, 0.6) is 5.75 Å². The molecule has 3 atom stereocenters. The smallest absolute Gasteiger partial charge is 0.303 e. The van der Waals surface area contributed by atoms with E-state index in [9.17, 15) is 9.90 Å². The van der Waals surface area contributed by atoms with Crippen LogP contribution in [0, 0.1) is 0 Å². The molecule has 2 aliphatic rings. The number of phenols is 1. The predicted molar refractivity (Wildman–Crippen MR) is 145 cm³/mol. The summed E-state index contributed by atoms with van der Waals surface area (Å²) in [7, 11) is 0. The lowest BCUT2D eigenvalue weighted by Gasteiger charge is -2.47. The molecule has 9 heteroatoms. The number of hydrogen-bond donors (Lipinski definition) is 4. The Morgan fingerprint density at radius 2 is 1.92 bits per heavy atom. The number of hydrazine groups is 2. The Hall–Kier alpha value is -3.40. The average Bonchev–Trinajstić information content (AvgIpc) is 3.34. The molecular formula is C28H38N6O3. The van der Waals surface area contributed by atoms with Gasteiger partial charge in [0.05, 0.1) is 12.6 Å². The van der Waals surface area contributed by atoms with Gasteiger partial charge in [-0.15, -0.1) is 17.2 Å². The zero-order valence-corrected chi connectivity index (χ0v) is 21.7. The SMILES string of the molecule is C=CCN1C[C@H](C)N([C@H](c2ccc(C3=NN(CCCCC(=O)O)NN3)cc2)c2cccc(O)c2)C[C@H]1C. The third-order valence-corrected chi connectivity index (χ3v) is 7.08. The van der Waals surface area contributed by atoms with Gasteiger partial charge in [-0.25, -0.2) is 5.12 Å². The first-order valence-electron chi connectivity index (χ1n) is 12.9. The van der Waals surface area contributed by atoms with Crippen LogP contribution in [0.2, 0.25) is 0 Å². The summed E-state index contributed by atoms with van der Waals surface area (Å²) in [6, 6.07) is 16.7. The van der Waals surface area contributed by atoms with Gasteiger partial charge in [-0.3, -0.25) is 20.0 Å². The molecule has 0 aromatic heterocycles. The van der Waals surface area contributed by atoms with Crippen LogP contribution >= 0.6 is 0 Å². The Bertz CT molecular complexity index is 1110. The number of phenolic OH excluding ortho intramolecular Hbond substituents is 1. The first-order chi connectivity index (χ1) is 17.9. The summed E-state index contributed by atoms with van der Waals surface area (Å²) in [4.78, 5) is 15.7. The van der Waals surface area contributed by atoms with Crippen LogP contribution in [0.1, 0.15) is 55.8 Å². The Morgan fingerprint density at radius 1 is 1.14 bits per heavy atom. The molecule has 2 aliphatic heterocycles. The summed E-state index contributed by atoms with van der Waals surface area (Å²) in [5.41, 5.74) is 9.30. The van der Waals surface area contributed by atoms with E-state index >= 15 is 0 Å². The van der Waals surface area contributed by atoms with Crippen molar-refractivity contribution in [3.05, 3.63) is 77.9 Å². The summed E-state index contributed by atoms with van der Waals surface area (Å²) < 4.78 is 0. The second kappa shape index (κ2) is 12.2. The van der Waals surface area contributed by atoms with E-state index in [0.29, 0.717) is 25.0 Å². The lowest BCUT2D eigenvalue weighted by molar-refractivity contribution is -0.137. The van der Waals surface area contributed by atoms with Crippen molar-refractivity contribution in [2.45, 2.75) is 51.2 Å². The third kappa shape index (κ3) is 6.68. The maximum Gasteiger partial charge on any atom is 0.303 e. The lowest BCUT2D eigenvalue weighted by Crippen LogP contribution is -2.57. The van der Waals surface area contributed by atoms with Gasteiger partial charge in [0.25, 0.3) is 0 Å². The normalized spacial score (nSPS) is 21.4. The fraction of sp³-hybridized carbons (Fsp3) is 0.429. The van der Waals surface area contributed by atoms with Crippen LogP contribution in [0.15, 0.2) is 66.3 Å². The second-order valence-corrected chi connectivity index (χ2v) is 9.92. The quantitative estimate of drug-likeness (QED) is 0.272. The van der Waals surface area contributed by atoms with Crippen molar-refractivity contribution in [1.82, 2.24) is 25.9 Å². The van der Waals surface area contributed by atoms with Gasteiger partial charge in [-0.05, 0) is 49.9 Å². The van der Waals surface area contributed by atoms with E-state index in [1.807, 2.05) is 18.2 Å². The van der Waals surface area contributed by atoms with Gasteiger partial charge in [0.1, 0.15) is 5.75 Å². The maximum atomic E-state index is 10.7. The molecule has 198 valence electrons. The number of carboxylic acid groups (broad SMARTS) is 1. The summed E-state index contributed by atoms with van der Waals surface area (Å²) in [6.07, 6.45) is 3.48. The van der Waals surface area contributed by atoms with Crippen LogP contribution in [-0.2, 0) is 4.79 Å². The molecule has 1 fully saturated rings. The number of unbranched alkanes of at least 4 members (excludes halogenated alkanes) is 1. The lowest BCUT2D eigenvalue weighted by atomic mass is 9.92. The van der Waals surface area contributed by atoms with Crippen molar-refractivity contribution in [1.29, 1.82) is 0 Å². The van der Waals surface area contributed by atoms with E-state index < -0.39 is 5.97 Å². The summed E-state index contributed by atoms with van der Waals surface area (Å²) in [5, 5.41) is 25.3. The van der Waals surface area contributed by atoms with Crippen molar-refractivity contribution in [2.75, 3.05) is 26.2 Å². The molecule has 0 unspecified atom stereocenters. The van der Waals surface area contributed by atoms with Gasteiger partial charge in [0.2, 0.25) is 0 Å². The zero-order valence-electron chi connectivity index (χ0n) is 21.7. The van der Waals surface area contributed by atoms with E-state index in [4.69, 9.17) is 5.11 Å². The number of amidine groups is 1. The highest BCUT2D eigenvalue weighted by molar-refractivity contribution is 5.98. The summed E-state index contributed by atoms with van der Waals surface area (Å²) in [5.74, 6) is 0.214. The molecule has 9 nitrogen and oxygen atoms in total. The number of benzene rings is 2. The third-order valence-electron chi connectivity index (χ3n) is 7.08. The fourth-order valence-electron chi connectivity index (χ4n) is 5.16. The number of aliphatic carboxylic acids is 1. The van der Waals surface area contributed by atoms with Crippen molar-refractivity contribution in [3.63, 3.8) is 0 Å². The Labute approximate surface area is 219 Å². The number of nitrogens with one attached hydrogen (secondary N) is 2. The number of piperazine rings is 1. The number of hydrogen-bond acceptors (Lipinski definition) is 8. The molecule has 0 spiro atoms. The van der Waals surface area contributed by atoms with Gasteiger partial charge >= 0.3 is 5.97 Å². The van der Waals surface area contributed by atoms with Gasteiger partial charge in [0, 0.05) is 43.7 Å². The molecule has 37 heavy (non-hydrogen) atoms. The number of rotatable bonds is 11. The number of carbonyl (C=O) groups is 1. The summed E-state index contributed by atoms with van der Waals surface area (Å²) in [6.45, 7) is 11.8. The van der Waals surface area contributed by atoms with Gasteiger partial charge < -0.3 is 10.2 Å². The molecule has 2 aromatic carbocycles. The van der Waals surface area contributed by atoms with Crippen molar-refractivity contribution in [3.8, 4) is 5.75 Å². The van der Waals surface area contributed by atoms with Crippen LogP contribution in [0.3, 0.4) is 0 Å². The van der Waals surface area contributed by atoms with Crippen LogP contribution in [0.4, 0.5) is 0 Å². The molecule has 4 N–H and O–H groups in total. The molecular weight excluding hydrogens is 468 g/mol. The van der Waals surface area contributed by atoms with Crippen LogP contribution < -0.4 is 11.0 Å². The molecule has 2 aromatic rings. The minimum Gasteiger partial charge on any atom is -0.508 e. The molecule has 0 amide bonds. The van der Waals surface area contributed by atoms with Crippen molar-refractivity contribution >= 4 is 11.8 Å². The average molecular weight is 507 g/mol. The summed E-state index contributed by atoms with van der Waals surface area (Å²) >= 11 is 0. The highest BCUT2D eigenvalue weighted by atomic mass is 16.4. The molecule has 0 radical (unpaired) electrons. The topological polar surface area (TPSA) is 104 Å². The molecule has 0 aliphatic carbocycles. The molecule has 1 saturated heterocycles. The zero-order chi connectivity index (χ0) is 26.4. The largest absolute Gasteiger partial charge is 0.508 e. The fourth-order valence-corrected chi connectivity index (χ4v) is 5.16. The van der Waals surface area contributed by atoms with Crippen LogP contribution in [0.25, 0.3) is 0 Å². The number of hydrazone groups is 1. The molecule has 0 bridgehead atoms. The number of nitrogens with zero attached hydrogens (tertiary/aromatic N) is 4. The van der Waals surface area contributed by atoms with Crippen molar-refractivity contribution < 1.29 is 15.0 Å². The monoisotopic (exact) mass is 506 g/mol. The predicted octanol–water partition coefficient (Wildman–Crippen LogP) is 3.30. The molecule has 4 rings (SSSR count). The second-order valence-electron chi connectivity index (χ2n) is 9.92. The van der Waals surface area contributed by atoms with E-state index in [1.54, 1.807) is 11.2 Å². The van der Waals surface area contributed by atoms with E-state index in [1.165, 1.54) is 0 Å². The number of carboxylic acids is 1. The Morgan fingerprint density at radius 3 is 2.62 bits per heavy atom. The molecule has 2 heterocycles. The van der Waals surface area contributed by atoms with E-state index in [2.05, 4.69) is 76.6 Å². The van der Waals surface area contributed by atoms with Gasteiger partial charge in [-0.2, -0.15) is 0 Å². The number of aromatic hydroxyl groups is 1. The Balaban J connectivity index is 1.53. The minimum atomic E-state index is -0.775. The minimum absolute atomic E-state index is 0.00631. The van der Waals surface area contributed by atoms with Gasteiger partial charge in [0.15, 0.2) is 5.84 Å². The van der Waals surface area contributed by atoms with E-state index in [-0.39, 0.29) is 18.2 Å². The standard InChI is InChI=1S/C28H38N6O3/c1-4-15-32-18-21(3)33(19-20(32)2)27(24-8-7-9-25(35)17-24)22-11-13-23(14-12-22)28-29-31-34(30-28)16-6-5-10-26(36)37/h4,7-9,11-14,17,20-21,27,31,35H,1,5-6,10,15-16,18-19H2,2-3H3,(H,29,30)(H,36,37)/t20-,21+,27-/m1/s1. The maximum absolute atomic E-state index is 10.7. The first-order valence-corrected chi connectivity index (χ1v) is 12.9. The van der Waals surface area contributed by atoms with E-state index in [0.717, 1.165) is 48.6 Å². The van der Waals surface area contributed by atoms with Crippen LogP contribution in [-0.4, -0.2) is 75.2 Å². The van der Waals surface area contributed by atoms with Gasteiger partial charge in [-0.1, -0.05) is 42.5 Å². The Kier molecular flexibility index (Phi) is 8.81. The van der Waals surface area contributed by atoms with Crippen molar-refractivity contribution in [2.24, 2.45) is 5.10 Å².